The van der Waals surface area contributed by atoms with Gasteiger partial charge in [0.05, 0.1) is 11.6 Å². The molecule has 1 aromatic carbocycles. The molecule has 1 aromatic rings. The van der Waals surface area contributed by atoms with Crippen molar-refractivity contribution >= 4 is 0 Å². The van der Waals surface area contributed by atoms with Gasteiger partial charge in [-0.05, 0) is 36.8 Å². The summed E-state index contributed by atoms with van der Waals surface area (Å²) >= 11 is 0. The zero-order valence-corrected chi connectivity index (χ0v) is 9.29. The molecule has 1 nitrogen and oxygen atoms in total. The standard InChI is InChI=1S/C14H17N/c1-11-6-5-9-13(14(11)10-15)12-7-3-2-4-8-12/h5-6,9,12H,2-4,7-8H2,1H3. The SMILES string of the molecule is Cc1cccc(C2CCCCC2)c1C#N. The van der Waals surface area contributed by atoms with Crippen molar-refractivity contribution in [1.29, 1.82) is 5.26 Å². The number of hydrogen-bond donors (Lipinski definition) is 0. The third kappa shape index (κ3) is 2.04. The van der Waals surface area contributed by atoms with Crippen molar-refractivity contribution in [1.82, 2.24) is 0 Å². The molecule has 1 fully saturated rings. The van der Waals surface area contributed by atoms with Gasteiger partial charge in [0.2, 0.25) is 0 Å². The van der Waals surface area contributed by atoms with E-state index in [1.807, 2.05) is 13.0 Å². The van der Waals surface area contributed by atoms with Crippen molar-refractivity contribution in [3.8, 4) is 6.07 Å². The van der Waals surface area contributed by atoms with Crippen LogP contribution in [0.15, 0.2) is 18.2 Å². The second-order valence-corrected chi connectivity index (χ2v) is 4.49. The molecule has 1 aliphatic rings. The van der Waals surface area contributed by atoms with E-state index in [9.17, 15) is 5.26 Å². The average Bonchev–Trinajstić information content (AvgIpc) is 2.30. The van der Waals surface area contributed by atoms with Crippen LogP contribution in [0.25, 0.3) is 0 Å². The average molecular weight is 199 g/mol. The number of nitriles is 1. The molecule has 15 heavy (non-hydrogen) atoms. The van der Waals surface area contributed by atoms with Crippen molar-refractivity contribution in [2.75, 3.05) is 0 Å². The van der Waals surface area contributed by atoms with Crippen molar-refractivity contribution in [3.05, 3.63) is 34.9 Å². The molecule has 0 heterocycles. The molecule has 0 saturated heterocycles. The lowest BCUT2D eigenvalue weighted by atomic mass is 9.81. The fourth-order valence-corrected chi connectivity index (χ4v) is 2.60. The summed E-state index contributed by atoms with van der Waals surface area (Å²) in [6, 6.07) is 8.62. The summed E-state index contributed by atoms with van der Waals surface area (Å²) in [4.78, 5) is 0. The summed E-state index contributed by atoms with van der Waals surface area (Å²) < 4.78 is 0. The highest BCUT2D eigenvalue weighted by atomic mass is 14.3. The van der Waals surface area contributed by atoms with E-state index < -0.39 is 0 Å². The summed E-state index contributed by atoms with van der Waals surface area (Å²) in [5.74, 6) is 0.633. The van der Waals surface area contributed by atoms with Gasteiger partial charge in [0.25, 0.3) is 0 Å². The molecule has 0 aliphatic heterocycles. The topological polar surface area (TPSA) is 23.8 Å². The molecule has 1 heteroatoms. The molecular weight excluding hydrogens is 182 g/mol. The maximum Gasteiger partial charge on any atom is 0.0997 e. The normalized spacial score (nSPS) is 17.3. The lowest BCUT2D eigenvalue weighted by molar-refractivity contribution is 0.443. The Labute approximate surface area is 91.7 Å². The highest BCUT2D eigenvalue weighted by Crippen LogP contribution is 2.34. The predicted octanol–water partition coefficient (Wildman–Crippen LogP) is 3.91. The quantitative estimate of drug-likeness (QED) is 0.672. The van der Waals surface area contributed by atoms with E-state index in [0.717, 1.165) is 11.1 Å². The molecule has 0 atom stereocenters. The van der Waals surface area contributed by atoms with Gasteiger partial charge in [0.1, 0.15) is 0 Å². The first kappa shape index (κ1) is 10.2. The van der Waals surface area contributed by atoms with Crippen LogP contribution in [-0.4, -0.2) is 0 Å². The molecule has 0 spiro atoms. The molecule has 0 N–H and O–H groups in total. The Hall–Kier alpha value is -1.29. The Bertz CT molecular complexity index is 381. The lowest BCUT2D eigenvalue weighted by Gasteiger charge is -2.23. The number of aryl methyl sites for hydroxylation is 1. The molecule has 1 aliphatic carbocycles. The van der Waals surface area contributed by atoms with Gasteiger partial charge in [-0.15, -0.1) is 0 Å². The second-order valence-electron chi connectivity index (χ2n) is 4.49. The van der Waals surface area contributed by atoms with Crippen LogP contribution in [0.1, 0.15) is 54.7 Å². The zero-order chi connectivity index (χ0) is 10.7. The number of nitrogens with zero attached hydrogens (tertiary/aromatic N) is 1. The van der Waals surface area contributed by atoms with Crippen molar-refractivity contribution < 1.29 is 0 Å². The van der Waals surface area contributed by atoms with Crippen LogP contribution in [0, 0.1) is 18.3 Å². The van der Waals surface area contributed by atoms with E-state index >= 15 is 0 Å². The maximum atomic E-state index is 9.18. The second kappa shape index (κ2) is 4.49. The van der Waals surface area contributed by atoms with Crippen LogP contribution in [0.3, 0.4) is 0 Å². The van der Waals surface area contributed by atoms with Crippen LogP contribution in [0.4, 0.5) is 0 Å². The number of hydrogen-bond acceptors (Lipinski definition) is 1. The molecular formula is C14H17N. The van der Waals surface area contributed by atoms with Gasteiger partial charge in [0.15, 0.2) is 0 Å². The first-order valence-electron chi connectivity index (χ1n) is 5.82. The fourth-order valence-electron chi connectivity index (χ4n) is 2.60. The van der Waals surface area contributed by atoms with E-state index in [0.29, 0.717) is 5.92 Å². The molecule has 78 valence electrons. The monoisotopic (exact) mass is 199 g/mol. The van der Waals surface area contributed by atoms with Gasteiger partial charge >= 0.3 is 0 Å². The van der Waals surface area contributed by atoms with E-state index in [4.69, 9.17) is 0 Å². The largest absolute Gasteiger partial charge is 0.192 e. The van der Waals surface area contributed by atoms with Crippen molar-refractivity contribution in [2.24, 2.45) is 0 Å². The van der Waals surface area contributed by atoms with Gasteiger partial charge in [-0.3, -0.25) is 0 Å². The highest BCUT2D eigenvalue weighted by Gasteiger charge is 2.18. The number of rotatable bonds is 1. The van der Waals surface area contributed by atoms with Gasteiger partial charge in [-0.2, -0.15) is 5.26 Å². The Morgan fingerprint density at radius 2 is 1.93 bits per heavy atom. The fraction of sp³-hybridized carbons (Fsp3) is 0.500. The van der Waals surface area contributed by atoms with E-state index in [1.165, 1.54) is 37.7 Å². The molecule has 0 radical (unpaired) electrons. The zero-order valence-electron chi connectivity index (χ0n) is 9.29. The Morgan fingerprint density at radius 1 is 1.20 bits per heavy atom. The molecule has 0 bridgehead atoms. The summed E-state index contributed by atoms with van der Waals surface area (Å²) in [5.41, 5.74) is 3.34. The van der Waals surface area contributed by atoms with Crippen molar-refractivity contribution in [2.45, 2.75) is 44.9 Å². The minimum absolute atomic E-state index is 0.633. The summed E-state index contributed by atoms with van der Waals surface area (Å²) in [7, 11) is 0. The predicted molar refractivity (Wildman–Crippen MR) is 61.7 cm³/mol. The van der Waals surface area contributed by atoms with E-state index in [-0.39, 0.29) is 0 Å². The van der Waals surface area contributed by atoms with Crippen LogP contribution in [0.5, 0.6) is 0 Å². The van der Waals surface area contributed by atoms with Gasteiger partial charge in [0, 0.05) is 0 Å². The van der Waals surface area contributed by atoms with Crippen LogP contribution >= 0.6 is 0 Å². The van der Waals surface area contributed by atoms with Crippen LogP contribution < -0.4 is 0 Å². The maximum absolute atomic E-state index is 9.18. The molecule has 2 rings (SSSR count). The summed E-state index contributed by atoms with van der Waals surface area (Å²) in [6.45, 7) is 2.03. The summed E-state index contributed by atoms with van der Waals surface area (Å²) in [5, 5.41) is 9.18. The molecule has 1 saturated carbocycles. The molecule has 0 unspecified atom stereocenters. The Morgan fingerprint density at radius 3 is 2.60 bits per heavy atom. The first-order valence-corrected chi connectivity index (χ1v) is 5.82. The van der Waals surface area contributed by atoms with E-state index in [1.54, 1.807) is 0 Å². The third-order valence-corrected chi connectivity index (χ3v) is 3.46. The van der Waals surface area contributed by atoms with Gasteiger partial charge in [-0.1, -0.05) is 37.5 Å². The van der Waals surface area contributed by atoms with E-state index in [2.05, 4.69) is 18.2 Å². The van der Waals surface area contributed by atoms with Gasteiger partial charge < -0.3 is 0 Å². The first-order chi connectivity index (χ1) is 7.33. The Kier molecular flexibility index (Phi) is 3.06. The van der Waals surface area contributed by atoms with Gasteiger partial charge in [-0.25, -0.2) is 0 Å². The smallest absolute Gasteiger partial charge is 0.0997 e. The minimum Gasteiger partial charge on any atom is -0.192 e. The highest BCUT2D eigenvalue weighted by molar-refractivity contribution is 5.45. The third-order valence-electron chi connectivity index (χ3n) is 3.46. The van der Waals surface area contributed by atoms with Crippen LogP contribution in [0.2, 0.25) is 0 Å². The number of benzene rings is 1. The molecule has 0 aromatic heterocycles. The van der Waals surface area contributed by atoms with Crippen molar-refractivity contribution in [3.63, 3.8) is 0 Å². The summed E-state index contributed by atoms with van der Waals surface area (Å²) in [6.07, 6.45) is 6.54. The molecule has 0 amide bonds. The Balaban J connectivity index is 2.34. The van der Waals surface area contributed by atoms with Crippen LogP contribution in [-0.2, 0) is 0 Å². The lowest BCUT2D eigenvalue weighted by Crippen LogP contribution is -2.07. The minimum atomic E-state index is 0.633.